The summed E-state index contributed by atoms with van der Waals surface area (Å²) in [6, 6.07) is -0.287. The highest BCUT2D eigenvalue weighted by atomic mass is 127. The molecule has 112 valence electrons. The number of amides is 1. The number of halogens is 1. The molecule has 0 aromatic heterocycles. The predicted molar refractivity (Wildman–Crippen MR) is 82.5 cm³/mol. The van der Waals surface area contributed by atoms with Crippen LogP contribution in [0.3, 0.4) is 0 Å². The van der Waals surface area contributed by atoms with E-state index in [-0.39, 0.29) is 18.4 Å². The molecule has 0 aromatic carbocycles. The molecule has 5 nitrogen and oxygen atoms in total. The van der Waals surface area contributed by atoms with Gasteiger partial charge in [0.25, 0.3) is 0 Å². The van der Waals surface area contributed by atoms with E-state index in [0.717, 1.165) is 0 Å². The number of alkyl carbamates (subject to hydrolysis) is 1. The molecule has 6 heteroatoms. The van der Waals surface area contributed by atoms with Gasteiger partial charge in [-0.25, -0.2) is 4.79 Å². The second-order valence-electron chi connectivity index (χ2n) is 6.29. The number of carbonyl (C=O) groups is 2. The van der Waals surface area contributed by atoms with Crippen LogP contribution in [0.2, 0.25) is 0 Å². The highest BCUT2D eigenvalue weighted by Gasteiger charge is 2.23. The number of rotatable bonds is 4. The Labute approximate surface area is 128 Å². The molecule has 1 amide bonds. The fourth-order valence-corrected chi connectivity index (χ4v) is 1.73. The van der Waals surface area contributed by atoms with Crippen LogP contribution in [0.15, 0.2) is 0 Å². The van der Waals surface area contributed by atoms with E-state index in [9.17, 15) is 9.59 Å². The lowest BCUT2D eigenvalue weighted by molar-refractivity contribution is -0.155. The highest BCUT2D eigenvalue weighted by molar-refractivity contribution is 14.1. The van der Waals surface area contributed by atoms with Crippen LogP contribution in [0, 0.1) is 0 Å². The van der Waals surface area contributed by atoms with Crippen LogP contribution in [0.1, 0.15) is 48.0 Å². The number of nitrogens with one attached hydrogen (secondary N) is 1. The zero-order valence-electron chi connectivity index (χ0n) is 12.5. The number of hydrogen-bond donors (Lipinski definition) is 1. The van der Waals surface area contributed by atoms with E-state index in [1.54, 1.807) is 20.8 Å². The van der Waals surface area contributed by atoms with Crippen LogP contribution in [0.25, 0.3) is 0 Å². The van der Waals surface area contributed by atoms with Gasteiger partial charge in [-0.05, 0) is 41.5 Å². The van der Waals surface area contributed by atoms with Crippen molar-refractivity contribution in [3.8, 4) is 0 Å². The van der Waals surface area contributed by atoms with Crippen molar-refractivity contribution in [2.24, 2.45) is 0 Å². The third-order valence-electron chi connectivity index (χ3n) is 1.74. The average molecular weight is 385 g/mol. The van der Waals surface area contributed by atoms with E-state index in [1.807, 2.05) is 20.8 Å². The van der Waals surface area contributed by atoms with Gasteiger partial charge in [0.2, 0.25) is 0 Å². The Bertz CT molecular complexity index is 288. The Morgan fingerprint density at radius 3 is 1.89 bits per heavy atom. The fraction of sp³-hybridized carbons (Fsp3) is 0.846. The molecular formula is C13H24INO4. The number of ether oxygens (including phenoxy) is 2. The van der Waals surface area contributed by atoms with Crippen molar-refractivity contribution in [1.29, 1.82) is 0 Å². The Hall–Kier alpha value is -0.530. The second-order valence-corrected chi connectivity index (χ2v) is 7.17. The van der Waals surface area contributed by atoms with Crippen molar-refractivity contribution >= 4 is 34.7 Å². The zero-order valence-corrected chi connectivity index (χ0v) is 14.7. The number of hydrogen-bond acceptors (Lipinski definition) is 4. The molecule has 0 aliphatic carbocycles. The smallest absolute Gasteiger partial charge is 0.407 e. The standard InChI is InChI=1S/C13H24INO4/c1-12(2,3)18-10(16)7-9(8-14)15-11(17)19-13(4,5)6/h9H,7-8H2,1-6H3,(H,15,17). The fourth-order valence-electron chi connectivity index (χ4n) is 1.20. The van der Waals surface area contributed by atoms with Gasteiger partial charge in [0.15, 0.2) is 0 Å². The lowest BCUT2D eigenvalue weighted by Crippen LogP contribution is -2.41. The van der Waals surface area contributed by atoms with Gasteiger partial charge in [-0.1, -0.05) is 22.6 Å². The van der Waals surface area contributed by atoms with E-state index in [2.05, 4.69) is 27.9 Å². The molecule has 0 saturated carbocycles. The molecule has 0 heterocycles. The van der Waals surface area contributed by atoms with E-state index in [4.69, 9.17) is 9.47 Å². The van der Waals surface area contributed by atoms with Gasteiger partial charge in [-0.3, -0.25) is 4.79 Å². The van der Waals surface area contributed by atoms with Crippen molar-refractivity contribution in [3.63, 3.8) is 0 Å². The highest BCUT2D eigenvalue weighted by Crippen LogP contribution is 2.11. The van der Waals surface area contributed by atoms with Gasteiger partial charge in [0, 0.05) is 4.43 Å². The molecule has 0 saturated heterocycles. The van der Waals surface area contributed by atoms with Crippen molar-refractivity contribution < 1.29 is 19.1 Å². The second kappa shape index (κ2) is 7.31. The summed E-state index contributed by atoms with van der Waals surface area (Å²) in [7, 11) is 0. The molecule has 0 radical (unpaired) electrons. The topological polar surface area (TPSA) is 64.6 Å². The summed E-state index contributed by atoms with van der Waals surface area (Å²) in [6.07, 6.45) is -0.378. The van der Waals surface area contributed by atoms with Crippen LogP contribution in [-0.2, 0) is 14.3 Å². The average Bonchev–Trinajstić information content (AvgIpc) is 2.10. The van der Waals surface area contributed by atoms with E-state index in [1.165, 1.54) is 0 Å². The maximum atomic E-state index is 11.7. The molecule has 1 N–H and O–H groups in total. The first kappa shape index (κ1) is 18.5. The minimum atomic E-state index is -0.550. The minimum Gasteiger partial charge on any atom is -0.460 e. The summed E-state index contributed by atoms with van der Waals surface area (Å²) in [5.41, 5.74) is -1.06. The largest absolute Gasteiger partial charge is 0.460 e. The molecule has 0 spiro atoms. The van der Waals surface area contributed by atoms with Crippen molar-refractivity contribution in [2.45, 2.75) is 65.2 Å². The number of alkyl halides is 1. The van der Waals surface area contributed by atoms with Gasteiger partial charge in [-0.15, -0.1) is 0 Å². The minimum absolute atomic E-state index is 0.138. The predicted octanol–water partition coefficient (Wildman–Crippen LogP) is 3.05. The van der Waals surface area contributed by atoms with Crippen molar-refractivity contribution in [2.75, 3.05) is 4.43 Å². The Morgan fingerprint density at radius 2 is 1.53 bits per heavy atom. The summed E-state index contributed by atoms with van der Waals surface area (Å²) >= 11 is 2.11. The first-order valence-corrected chi connectivity index (χ1v) is 7.73. The van der Waals surface area contributed by atoms with Crippen molar-refractivity contribution in [1.82, 2.24) is 5.32 Å². The Morgan fingerprint density at radius 1 is 1.05 bits per heavy atom. The Balaban J connectivity index is 4.29. The van der Waals surface area contributed by atoms with Gasteiger partial charge in [-0.2, -0.15) is 0 Å². The maximum absolute atomic E-state index is 11.7. The normalized spacial score (nSPS) is 13.6. The van der Waals surface area contributed by atoms with Gasteiger partial charge >= 0.3 is 12.1 Å². The third-order valence-corrected chi connectivity index (χ3v) is 2.80. The summed E-state index contributed by atoms with van der Waals surface area (Å²) in [4.78, 5) is 23.3. The van der Waals surface area contributed by atoms with E-state index < -0.39 is 17.3 Å². The molecule has 0 aliphatic rings. The number of esters is 1. The van der Waals surface area contributed by atoms with E-state index >= 15 is 0 Å². The summed E-state index contributed by atoms with van der Waals surface area (Å²) in [6.45, 7) is 10.8. The lowest BCUT2D eigenvalue weighted by Gasteiger charge is -2.24. The first-order valence-electron chi connectivity index (χ1n) is 6.20. The Kier molecular flexibility index (Phi) is 7.10. The molecule has 1 atom stereocenters. The summed E-state index contributed by atoms with van der Waals surface area (Å²) in [5, 5.41) is 2.67. The van der Waals surface area contributed by atoms with Crippen LogP contribution < -0.4 is 5.32 Å². The monoisotopic (exact) mass is 385 g/mol. The lowest BCUT2D eigenvalue weighted by atomic mass is 10.2. The zero-order chi connectivity index (χ0) is 15.3. The van der Waals surface area contributed by atoms with Gasteiger partial charge in [0.05, 0.1) is 12.5 Å². The van der Waals surface area contributed by atoms with E-state index in [0.29, 0.717) is 4.43 Å². The van der Waals surface area contributed by atoms with Crippen molar-refractivity contribution in [3.05, 3.63) is 0 Å². The molecule has 0 bridgehead atoms. The molecule has 0 rings (SSSR count). The third kappa shape index (κ3) is 11.0. The SMILES string of the molecule is CC(C)(C)OC(=O)CC(CI)NC(=O)OC(C)(C)C. The van der Waals surface area contributed by atoms with Crippen LogP contribution >= 0.6 is 22.6 Å². The molecule has 0 aliphatic heterocycles. The van der Waals surface area contributed by atoms with Gasteiger partial charge in [0.1, 0.15) is 11.2 Å². The number of carbonyl (C=O) groups excluding carboxylic acids is 2. The van der Waals surface area contributed by atoms with Crippen LogP contribution in [-0.4, -0.2) is 33.7 Å². The molecule has 1 unspecified atom stereocenters. The van der Waals surface area contributed by atoms with Crippen LogP contribution in [0.5, 0.6) is 0 Å². The molecule has 0 fully saturated rings. The maximum Gasteiger partial charge on any atom is 0.407 e. The van der Waals surface area contributed by atoms with Crippen LogP contribution in [0.4, 0.5) is 4.79 Å². The van der Waals surface area contributed by atoms with Gasteiger partial charge < -0.3 is 14.8 Å². The molecule has 0 aromatic rings. The summed E-state index contributed by atoms with van der Waals surface area (Å²) < 4.78 is 11.0. The first-order chi connectivity index (χ1) is 8.43. The summed E-state index contributed by atoms with van der Waals surface area (Å²) in [5.74, 6) is -0.328. The molecule has 19 heavy (non-hydrogen) atoms. The quantitative estimate of drug-likeness (QED) is 0.459. The molecular weight excluding hydrogens is 361 g/mol.